The predicted octanol–water partition coefficient (Wildman–Crippen LogP) is 3.74. The lowest BCUT2D eigenvalue weighted by Gasteiger charge is -2.06. The number of rotatable bonds is 1. The largest absolute Gasteiger partial charge is 0.454 e. The molecule has 3 heteroatoms. The summed E-state index contributed by atoms with van der Waals surface area (Å²) in [4.78, 5) is 12.3. The molecule has 0 bridgehead atoms. The van der Waals surface area contributed by atoms with Gasteiger partial charge in [-0.2, -0.15) is 0 Å². The number of aromatic nitrogens is 1. The number of hydrogen-bond donors (Lipinski definition) is 0. The van der Waals surface area contributed by atoms with E-state index in [1.54, 1.807) is 10.6 Å². The van der Waals surface area contributed by atoms with Gasteiger partial charge in [0.25, 0.3) is 5.56 Å². The Kier molecular flexibility index (Phi) is 2.27. The number of benzene rings is 2. The summed E-state index contributed by atoms with van der Waals surface area (Å²) >= 11 is 0. The normalized spacial score (nSPS) is 11.2. The number of furan rings is 1. The van der Waals surface area contributed by atoms with Crippen molar-refractivity contribution in [3.05, 3.63) is 77.1 Å². The molecule has 0 amide bonds. The van der Waals surface area contributed by atoms with Crippen molar-refractivity contribution in [2.75, 3.05) is 0 Å². The van der Waals surface area contributed by atoms with Crippen LogP contribution in [0.5, 0.6) is 0 Å². The summed E-state index contributed by atoms with van der Waals surface area (Å²) in [5, 5.41) is 0.948. The molecule has 0 N–H and O–H groups in total. The van der Waals surface area contributed by atoms with Crippen molar-refractivity contribution in [1.29, 1.82) is 0 Å². The molecule has 0 fully saturated rings. The fraction of sp³-hybridized carbons (Fsp3) is 0. The highest BCUT2D eigenvalue weighted by Crippen LogP contribution is 2.28. The quantitative estimate of drug-likeness (QED) is 0.523. The Labute approximate surface area is 114 Å². The fourth-order valence-electron chi connectivity index (χ4n) is 2.56. The van der Waals surface area contributed by atoms with Crippen LogP contribution >= 0.6 is 0 Å². The van der Waals surface area contributed by atoms with Gasteiger partial charge in [0.2, 0.25) is 0 Å². The van der Waals surface area contributed by atoms with E-state index in [1.165, 1.54) is 6.07 Å². The number of para-hydroxylation sites is 2. The van der Waals surface area contributed by atoms with E-state index in [9.17, 15) is 4.79 Å². The summed E-state index contributed by atoms with van der Waals surface area (Å²) < 4.78 is 7.51. The third kappa shape index (κ3) is 1.50. The molecule has 2 aromatic heterocycles. The first kappa shape index (κ1) is 11.1. The van der Waals surface area contributed by atoms with Gasteiger partial charge in [0.1, 0.15) is 11.1 Å². The number of pyridine rings is 1. The summed E-state index contributed by atoms with van der Waals surface area (Å²) in [5.74, 6) is 0. The molecule has 0 radical (unpaired) electrons. The Morgan fingerprint density at radius 2 is 1.50 bits per heavy atom. The molecule has 0 saturated carbocycles. The molecule has 3 nitrogen and oxygen atoms in total. The van der Waals surface area contributed by atoms with E-state index in [0.717, 1.165) is 27.8 Å². The van der Waals surface area contributed by atoms with Crippen molar-refractivity contribution < 1.29 is 4.42 Å². The predicted molar refractivity (Wildman–Crippen MR) is 79.3 cm³/mol. The minimum atomic E-state index is -0.0600. The summed E-state index contributed by atoms with van der Waals surface area (Å²) in [7, 11) is 0. The lowest BCUT2D eigenvalue weighted by molar-refractivity contribution is 0.667. The molecule has 20 heavy (non-hydrogen) atoms. The molecule has 2 aromatic carbocycles. The molecule has 0 atom stereocenters. The van der Waals surface area contributed by atoms with Gasteiger partial charge in [-0.1, -0.05) is 30.3 Å². The van der Waals surface area contributed by atoms with Gasteiger partial charge in [-0.25, -0.2) is 0 Å². The zero-order chi connectivity index (χ0) is 13.5. The molecule has 0 aliphatic rings. The van der Waals surface area contributed by atoms with Gasteiger partial charge in [0, 0.05) is 17.1 Å². The van der Waals surface area contributed by atoms with Crippen molar-refractivity contribution in [2.45, 2.75) is 0 Å². The maximum Gasteiger partial charge on any atom is 0.255 e. The Bertz CT molecular complexity index is 965. The van der Waals surface area contributed by atoms with Crippen molar-refractivity contribution in [3.8, 4) is 5.69 Å². The van der Waals surface area contributed by atoms with E-state index >= 15 is 0 Å². The van der Waals surface area contributed by atoms with Crippen molar-refractivity contribution in [1.82, 2.24) is 4.57 Å². The first-order valence-electron chi connectivity index (χ1n) is 6.43. The van der Waals surface area contributed by atoms with Gasteiger partial charge in [-0.05, 0) is 30.3 Å². The van der Waals surface area contributed by atoms with E-state index in [1.807, 2.05) is 54.6 Å². The Morgan fingerprint density at radius 3 is 2.35 bits per heavy atom. The molecule has 0 aliphatic heterocycles. The Morgan fingerprint density at radius 1 is 0.750 bits per heavy atom. The smallest absolute Gasteiger partial charge is 0.255 e. The average Bonchev–Trinajstić information content (AvgIpc) is 2.87. The number of nitrogens with zero attached hydrogens (tertiary/aromatic N) is 1. The van der Waals surface area contributed by atoms with Gasteiger partial charge in [-0.3, -0.25) is 9.36 Å². The highest BCUT2D eigenvalue weighted by molar-refractivity contribution is 6.03. The minimum Gasteiger partial charge on any atom is -0.454 e. The van der Waals surface area contributed by atoms with E-state index < -0.39 is 0 Å². The second-order valence-corrected chi connectivity index (χ2v) is 4.65. The maximum absolute atomic E-state index is 12.3. The number of fused-ring (bicyclic) bond motifs is 3. The van der Waals surface area contributed by atoms with Crippen LogP contribution in [0.25, 0.3) is 27.8 Å². The Hall–Kier alpha value is -2.81. The first-order chi connectivity index (χ1) is 9.84. The first-order valence-corrected chi connectivity index (χ1v) is 6.43. The van der Waals surface area contributed by atoms with E-state index in [2.05, 4.69) is 0 Å². The average molecular weight is 261 g/mol. The van der Waals surface area contributed by atoms with Gasteiger partial charge >= 0.3 is 0 Å². The summed E-state index contributed by atoms with van der Waals surface area (Å²) in [6.45, 7) is 0. The fourth-order valence-corrected chi connectivity index (χ4v) is 2.56. The molecule has 2 heterocycles. The topological polar surface area (TPSA) is 35.1 Å². The SMILES string of the molecule is O=c1ccc2oc3ccccc3c2n1-c1ccccc1. The molecule has 0 saturated heterocycles. The summed E-state index contributed by atoms with van der Waals surface area (Å²) in [6.07, 6.45) is 0. The van der Waals surface area contributed by atoms with E-state index in [-0.39, 0.29) is 5.56 Å². The molecule has 0 aliphatic carbocycles. The van der Waals surface area contributed by atoms with Crippen LogP contribution in [0.4, 0.5) is 0 Å². The molecule has 4 rings (SSSR count). The van der Waals surface area contributed by atoms with Crippen LogP contribution in [0.2, 0.25) is 0 Å². The van der Waals surface area contributed by atoms with Crippen LogP contribution in [0.1, 0.15) is 0 Å². The minimum absolute atomic E-state index is 0.0600. The van der Waals surface area contributed by atoms with Gasteiger partial charge in [-0.15, -0.1) is 0 Å². The zero-order valence-corrected chi connectivity index (χ0v) is 10.6. The number of hydrogen-bond acceptors (Lipinski definition) is 2. The van der Waals surface area contributed by atoms with Crippen LogP contribution in [-0.4, -0.2) is 4.57 Å². The molecular weight excluding hydrogens is 250 g/mol. The second-order valence-electron chi connectivity index (χ2n) is 4.65. The van der Waals surface area contributed by atoms with Crippen LogP contribution in [-0.2, 0) is 0 Å². The monoisotopic (exact) mass is 261 g/mol. The van der Waals surface area contributed by atoms with Crippen LogP contribution in [0, 0.1) is 0 Å². The second kappa shape index (κ2) is 4.10. The lowest BCUT2D eigenvalue weighted by Crippen LogP contribution is -2.16. The summed E-state index contributed by atoms with van der Waals surface area (Å²) in [5.41, 5.74) is 3.11. The van der Waals surface area contributed by atoms with Gasteiger partial charge in [0.05, 0.1) is 0 Å². The van der Waals surface area contributed by atoms with Crippen LogP contribution < -0.4 is 5.56 Å². The third-order valence-electron chi connectivity index (χ3n) is 3.43. The lowest BCUT2D eigenvalue weighted by atomic mass is 10.2. The van der Waals surface area contributed by atoms with E-state index in [4.69, 9.17) is 4.42 Å². The highest BCUT2D eigenvalue weighted by Gasteiger charge is 2.12. The molecule has 0 unspecified atom stereocenters. The van der Waals surface area contributed by atoms with Crippen LogP contribution in [0.15, 0.2) is 75.9 Å². The van der Waals surface area contributed by atoms with Crippen LogP contribution in [0.3, 0.4) is 0 Å². The standard InChI is InChI=1S/C17H11NO2/c19-16-11-10-15-17(13-8-4-5-9-14(13)20-15)18(16)12-6-2-1-3-7-12/h1-11H. The Balaban J connectivity index is 2.24. The molecule has 96 valence electrons. The van der Waals surface area contributed by atoms with Crippen molar-refractivity contribution in [3.63, 3.8) is 0 Å². The van der Waals surface area contributed by atoms with Crippen molar-refractivity contribution >= 4 is 22.1 Å². The highest BCUT2D eigenvalue weighted by atomic mass is 16.3. The van der Waals surface area contributed by atoms with Gasteiger partial charge in [0.15, 0.2) is 5.58 Å². The zero-order valence-electron chi connectivity index (χ0n) is 10.6. The third-order valence-corrected chi connectivity index (χ3v) is 3.43. The molecule has 4 aromatic rings. The molecule has 0 spiro atoms. The molecular formula is C17H11NO2. The maximum atomic E-state index is 12.3. The van der Waals surface area contributed by atoms with Crippen molar-refractivity contribution in [2.24, 2.45) is 0 Å². The summed E-state index contributed by atoms with van der Waals surface area (Å²) in [6, 6.07) is 20.6. The van der Waals surface area contributed by atoms with E-state index in [0.29, 0.717) is 0 Å². The van der Waals surface area contributed by atoms with Gasteiger partial charge < -0.3 is 4.42 Å².